The summed E-state index contributed by atoms with van der Waals surface area (Å²) in [6.07, 6.45) is 0.576. The molecule has 0 aliphatic heterocycles. The first-order valence-corrected chi connectivity index (χ1v) is 11.2. The van der Waals surface area contributed by atoms with Gasteiger partial charge in [0.15, 0.2) is 11.6 Å². The minimum atomic E-state index is -3.74. The summed E-state index contributed by atoms with van der Waals surface area (Å²) < 4.78 is 46.5. The van der Waals surface area contributed by atoms with Gasteiger partial charge in [0, 0.05) is 12.1 Å². The Kier molecular flexibility index (Phi) is 7.25. The van der Waals surface area contributed by atoms with E-state index in [1.54, 1.807) is 55.5 Å². The highest BCUT2D eigenvalue weighted by molar-refractivity contribution is 7.92. The van der Waals surface area contributed by atoms with Crippen LogP contribution in [-0.4, -0.2) is 20.9 Å². The summed E-state index contributed by atoms with van der Waals surface area (Å²) in [6, 6.07) is 19.1. The fourth-order valence-electron chi connectivity index (χ4n) is 2.81. The average molecular weight is 443 g/mol. The fraction of sp³-hybridized carbons (Fsp3) is 0.174. The molecule has 31 heavy (non-hydrogen) atoms. The number of carbonyl (C=O) groups excluding carboxylic acids is 1. The number of halogens is 1. The number of amides is 1. The maximum Gasteiger partial charge on any atom is 0.261 e. The van der Waals surface area contributed by atoms with Gasteiger partial charge in [0.1, 0.15) is 0 Å². The standard InChI is InChI=1S/C23H23FN2O4S/c1-17-13-14-18(16-21(17)26-31(28,29)19-8-3-2-4-9-19)25-23(27)12-7-15-30-22-11-6-5-10-20(22)24/h2-6,8-11,13-14,16,26H,7,12,15H2,1H3,(H,25,27). The summed E-state index contributed by atoms with van der Waals surface area (Å²) in [4.78, 5) is 12.4. The van der Waals surface area contributed by atoms with Gasteiger partial charge in [-0.15, -0.1) is 0 Å². The molecule has 0 saturated carbocycles. The Morgan fingerprint density at radius 1 is 1.00 bits per heavy atom. The van der Waals surface area contributed by atoms with Crippen molar-refractivity contribution in [2.45, 2.75) is 24.7 Å². The molecule has 0 aromatic heterocycles. The second kappa shape index (κ2) is 10.1. The molecule has 0 bridgehead atoms. The molecule has 2 N–H and O–H groups in total. The van der Waals surface area contributed by atoms with Crippen LogP contribution in [0, 0.1) is 12.7 Å². The van der Waals surface area contributed by atoms with Crippen LogP contribution in [-0.2, 0) is 14.8 Å². The Morgan fingerprint density at radius 2 is 1.71 bits per heavy atom. The topological polar surface area (TPSA) is 84.5 Å². The van der Waals surface area contributed by atoms with E-state index in [4.69, 9.17) is 4.74 Å². The van der Waals surface area contributed by atoms with Crippen molar-refractivity contribution < 1.29 is 22.3 Å². The Labute approximate surface area is 181 Å². The summed E-state index contributed by atoms with van der Waals surface area (Å²) in [6.45, 7) is 1.97. The van der Waals surface area contributed by atoms with Crippen molar-refractivity contribution in [3.63, 3.8) is 0 Å². The van der Waals surface area contributed by atoms with Crippen LogP contribution in [0.15, 0.2) is 77.7 Å². The number of ether oxygens (including phenoxy) is 1. The SMILES string of the molecule is Cc1ccc(NC(=O)CCCOc2ccccc2F)cc1NS(=O)(=O)c1ccccc1. The second-order valence-corrected chi connectivity index (χ2v) is 8.56. The maximum atomic E-state index is 13.5. The van der Waals surface area contributed by atoms with Crippen LogP contribution in [0.2, 0.25) is 0 Å². The molecule has 162 valence electrons. The monoisotopic (exact) mass is 442 g/mol. The van der Waals surface area contributed by atoms with Crippen LogP contribution in [0.3, 0.4) is 0 Å². The van der Waals surface area contributed by atoms with Crippen LogP contribution >= 0.6 is 0 Å². The number of carbonyl (C=O) groups is 1. The molecular weight excluding hydrogens is 419 g/mol. The molecule has 6 nitrogen and oxygen atoms in total. The highest BCUT2D eigenvalue weighted by Crippen LogP contribution is 2.24. The number of hydrogen-bond donors (Lipinski definition) is 2. The maximum absolute atomic E-state index is 13.5. The largest absolute Gasteiger partial charge is 0.491 e. The predicted octanol–water partition coefficient (Wildman–Crippen LogP) is 4.73. The third-order valence-corrected chi connectivity index (χ3v) is 5.84. The lowest BCUT2D eigenvalue weighted by Crippen LogP contribution is -2.15. The van der Waals surface area contributed by atoms with E-state index in [0.29, 0.717) is 17.8 Å². The zero-order chi connectivity index (χ0) is 22.3. The van der Waals surface area contributed by atoms with Crippen molar-refractivity contribution in [1.82, 2.24) is 0 Å². The highest BCUT2D eigenvalue weighted by atomic mass is 32.2. The first kappa shape index (κ1) is 22.3. The van der Waals surface area contributed by atoms with E-state index in [2.05, 4.69) is 10.0 Å². The van der Waals surface area contributed by atoms with Gasteiger partial charge < -0.3 is 10.1 Å². The van der Waals surface area contributed by atoms with E-state index in [1.165, 1.54) is 24.3 Å². The number of sulfonamides is 1. The number of para-hydroxylation sites is 1. The Hall–Kier alpha value is -3.39. The molecule has 0 radical (unpaired) electrons. The zero-order valence-corrected chi connectivity index (χ0v) is 17.8. The van der Waals surface area contributed by atoms with Gasteiger partial charge in [0.2, 0.25) is 5.91 Å². The van der Waals surface area contributed by atoms with E-state index < -0.39 is 15.8 Å². The van der Waals surface area contributed by atoms with Gasteiger partial charge in [-0.05, 0) is 55.3 Å². The number of anilines is 2. The molecule has 1 amide bonds. The average Bonchev–Trinajstić information content (AvgIpc) is 2.75. The van der Waals surface area contributed by atoms with E-state index in [1.807, 2.05) is 0 Å². The van der Waals surface area contributed by atoms with Crippen LogP contribution in [0.4, 0.5) is 15.8 Å². The zero-order valence-electron chi connectivity index (χ0n) is 17.0. The first-order chi connectivity index (χ1) is 14.8. The first-order valence-electron chi connectivity index (χ1n) is 9.71. The van der Waals surface area contributed by atoms with Gasteiger partial charge in [-0.3, -0.25) is 9.52 Å². The molecule has 0 aliphatic rings. The van der Waals surface area contributed by atoms with E-state index in [-0.39, 0.29) is 29.6 Å². The lowest BCUT2D eigenvalue weighted by atomic mass is 10.2. The minimum absolute atomic E-state index is 0.150. The molecule has 0 spiro atoms. The van der Waals surface area contributed by atoms with Crippen molar-refractivity contribution in [3.05, 3.63) is 84.2 Å². The number of hydrogen-bond acceptors (Lipinski definition) is 4. The van der Waals surface area contributed by atoms with Crippen molar-refractivity contribution in [3.8, 4) is 5.75 Å². The molecular formula is C23H23FN2O4S. The smallest absolute Gasteiger partial charge is 0.261 e. The second-order valence-electron chi connectivity index (χ2n) is 6.88. The van der Waals surface area contributed by atoms with Gasteiger partial charge in [0.25, 0.3) is 10.0 Å². The summed E-state index contributed by atoms with van der Waals surface area (Å²) in [5, 5.41) is 2.74. The molecule has 3 rings (SSSR count). The van der Waals surface area contributed by atoms with Crippen molar-refractivity contribution in [2.75, 3.05) is 16.6 Å². The van der Waals surface area contributed by atoms with E-state index in [0.717, 1.165) is 5.56 Å². The molecule has 0 saturated heterocycles. The lowest BCUT2D eigenvalue weighted by molar-refractivity contribution is -0.116. The molecule has 3 aromatic rings. The Bertz CT molecular complexity index is 1150. The Balaban J connectivity index is 1.56. The van der Waals surface area contributed by atoms with Crippen molar-refractivity contribution in [1.29, 1.82) is 0 Å². The van der Waals surface area contributed by atoms with Gasteiger partial charge in [-0.1, -0.05) is 36.4 Å². The van der Waals surface area contributed by atoms with Crippen LogP contribution in [0.25, 0.3) is 0 Å². The van der Waals surface area contributed by atoms with Crippen molar-refractivity contribution >= 4 is 27.3 Å². The van der Waals surface area contributed by atoms with Gasteiger partial charge in [-0.25, -0.2) is 12.8 Å². The molecule has 0 unspecified atom stereocenters. The lowest BCUT2D eigenvalue weighted by Gasteiger charge is -2.13. The van der Waals surface area contributed by atoms with Gasteiger partial charge >= 0.3 is 0 Å². The van der Waals surface area contributed by atoms with Crippen molar-refractivity contribution in [2.24, 2.45) is 0 Å². The molecule has 8 heteroatoms. The third-order valence-electron chi connectivity index (χ3n) is 4.46. The predicted molar refractivity (Wildman–Crippen MR) is 118 cm³/mol. The number of aryl methyl sites for hydroxylation is 1. The summed E-state index contributed by atoms with van der Waals surface area (Å²) in [5.41, 5.74) is 1.57. The molecule has 0 fully saturated rings. The van der Waals surface area contributed by atoms with Gasteiger partial charge in [-0.2, -0.15) is 0 Å². The van der Waals surface area contributed by atoms with Crippen LogP contribution < -0.4 is 14.8 Å². The molecule has 3 aromatic carbocycles. The van der Waals surface area contributed by atoms with E-state index >= 15 is 0 Å². The number of benzene rings is 3. The number of nitrogens with one attached hydrogen (secondary N) is 2. The summed E-state index contributed by atoms with van der Waals surface area (Å²) >= 11 is 0. The van der Waals surface area contributed by atoms with Gasteiger partial charge in [0.05, 0.1) is 17.2 Å². The third kappa shape index (κ3) is 6.29. The summed E-state index contributed by atoms with van der Waals surface area (Å²) in [5.74, 6) is -0.549. The van der Waals surface area contributed by atoms with Crippen LogP contribution in [0.1, 0.15) is 18.4 Å². The summed E-state index contributed by atoms with van der Waals surface area (Å²) in [7, 11) is -3.74. The molecule has 0 atom stereocenters. The van der Waals surface area contributed by atoms with Crippen LogP contribution in [0.5, 0.6) is 5.75 Å². The fourth-order valence-corrected chi connectivity index (χ4v) is 3.96. The van der Waals surface area contributed by atoms with E-state index in [9.17, 15) is 17.6 Å². The quantitative estimate of drug-likeness (QED) is 0.469. The highest BCUT2D eigenvalue weighted by Gasteiger charge is 2.15. The minimum Gasteiger partial charge on any atom is -0.491 e. The normalized spacial score (nSPS) is 11.0. The molecule has 0 heterocycles. The number of rotatable bonds is 9. The Morgan fingerprint density at radius 3 is 2.45 bits per heavy atom. The molecule has 0 aliphatic carbocycles.